The molecule has 0 amide bonds. The van der Waals surface area contributed by atoms with E-state index in [1.807, 2.05) is 18.2 Å². The highest BCUT2D eigenvalue weighted by molar-refractivity contribution is 6.03. The fraction of sp³-hybridized carbons (Fsp3) is 0.278. The minimum absolute atomic E-state index is 0.155. The molecular weight excluding hydrogens is 248 g/mol. The number of benzene rings is 2. The van der Waals surface area contributed by atoms with E-state index in [2.05, 4.69) is 30.3 Å². The van der Waals surface area contributed by atoms with Crippen LogP contribution in [0.5, 0.6) is 5.75 Å². The van der Waals surface area contributed by atoms with Crippen LogP contribution >= 0.6 is 0 Å². The molecule has 20 heavy (non-hydrogen) atoms. The second kappa shape index (κ2) is 4.20. The summed E-state index contributed by atoms with van der Waals surface area (Å²) in [5.41, 5.74) is 3.37. The normalized spacial score (nSPS) is 26.6. The van der Waals surface area contributed by atoms with Crippen LogP contribution in [-0.4, -0.2) is 12.9 Å². The van der Waals surface area contributed by atoms with Gasteiger partial charge in [0.15, 0.2) is 5.78 Å². The number of Topliss-reactive ketones (excluding diaryl/α,β-unsaturated/α-hetero) is 1. The number of carbonyl (C=O) groups is 1. The average Bonchev–Trinajstić information content (AvgIpc) is 2.47. The van der Waals surface area contributed by atoms with Crippen LogP contribution in [0.2, 0.25) is 0 Å². The highest BCUT2D eigenvalue weighted by Crippen LogP contribution is 2.59. The number of methoxy groups -OCH3 is 1. The number of hydrogen-bond acceptors (Lipinski definition) is 2. The second-order valence-corrected chi connectivity index (χ2v) is 5.70. The van der Waals surface area contributed by atoms with Crippen molar-refractivity contribution in [3.63, 3.8) is 0 Å². The van der Waals surface area contributed by atoms with E-state index in [0.29, 0.717) is 11.8 Å². The Hall–Kier alpha value is -2.09. The van der Waals surface area contributed by atoms with Crippen LogP contribution in [0.25, 0.3) is 0 Å². The lowest BCUT2D eigenvalue weighted by Gasteiger charge is -2.49. The molecule has 0 aliphatic heterocycles. The fourth-order valence-corrected chi connectivity index (χ4v) is 3.78. The molecule has 0 saturated heterocycles. The molecule has 2 bridgehead atoms. The predicted molar refractivity (Wildman–Crippen MR) is 77.4 cm³/mol. The largest absolute Gasteiger partial charge is 0.497 e. The zero-order valence-corrected chi connectivity index (χ0v) is 11.4. The average molecular weight is 264 g/mol. The minimum atomic E-state index is 0.155. The standard InChI is InChI=1S/C18H16O2/c1-20-12-7-8-13-14-10-16(18(19)15(13)9-12)17(14)11-5-3-2-4-6-11/h2-9,14,16-17H,10H2,1H3. The van der Waals surface area contributed by atoms with Gasteiger partial charge in [-0.1, -0.05) is 36.4 Å². The number of ether oxygens (including phenoxy) is 1. The van der Waals surface area contributed by atoms with Crippen molar-refractivity contribution in [2.24, 2.45) is 5.92 Å². The lowest BCUT2D eigenvalue weighted by atomic mass is 9.53. The first-order valence-electron chi connectivity index (χ1n) is 7.06. The molecule has 3 aliphatic carbocycles. The van der Waals surface area contributed by atoms with E-state index < -0.39 is 0 Å². The lowest BCUT2D eigenvalue weighted by Crippen LogP contribution is -2.43. The number of carbonyl (C=O) groups excluding carboxylic acids is 1. The molecular formula is C18H16O2. The summed E-state index contributed by atoms with van der Waals surface area (Å²) in [5.74, 6) is 2.07. The van der Waals surface area contributed by atoms with Gasteiger partial charge in [-0.05, 0) is 35.6 Å². The van der Waals surface area contributed by atoms with E-state index in [-0.39, 0.29) is 11.7 Å². The zero-order chi connectivity index (χ0) is 13.7. The summed E-state index contributed by atoms with van der Waals surface area (Å²) in [6, 6.07) is 16.4. The molecule has 0 aromatic heterocycles. The molecule has 100 valence electrons. The molecule has 3 atom stereocenters. The van der Waals surface area contributed by atoms with Gasteiger partial charge < -0.3 is 4.74 Å². The molecule has 0 radical (unpaired) electrons. The minimum Gasteiger partial charge on any atom is -0.497 e. The Morgan fingerprint density at radius 1 is 1.05 bits per heavy atom. The summed E-state index contributed by atoms with van der Waals surface area (Å²) in [6.45, 7) is 0. The van der Waals surface area contributed by atoms with Crippen LogP contribution in [-0.2, 0) is 0 Å². The first-order valence-corrected chi connectivity index (χ1v) is 7.06. The van der Waals surface area contributed by atoms with Gasteiger partial charge in [0.1, 0.15) is 5.75 Å². The van der Waals surface area contributed by atoms with Crippen molar-refractivity contribution in [1.82, 2.24) is 0 Å². The van der Waals surface area contributed by atoms with Gasteiger partial charge in [-0.25, -0.2) is 0 Å². The van der Waals surface area contributed by atoms with Crippen molar-refractivity contribution < 1.29 is 9.53 Å². The summed E-state index contributed by atoms with van der Waals surface area (Å²) >= 11 is 0. The van der Waals surface area contributed by atoms with Crippen molar-refractivity contribution in [3.05, 3.63) is 65.2 Å². The van der Waals surface area contributed by atoms with Crippen molar-refractivity contribution in [2.45, 2.75) is 18.3 Å². The second-order valence-electron chi connectivity index (χ2n) is 5.70. The molecule has 0 N–H and O–H groups in total. The fourth-order valence-electron chi connectivity index (χ4n) is 3.78. The molecule has 0 heterocycles. The number of ketones is 1. The third kappa shape index (κ3) is 1.48. The quantitative estimate of drug-likeness (QED) is 0.825. The molecule has 1 fully saturated rings. The van der Waals surface area contributed by atoms with Crippen molar-refractivity contribution in [3.8, 4) is 5.75 Å². The Kier molecular flexibility index (Phi) is 2.46. The molecule has 1 saturated carbocycles. The Balaban J connectivity index is 1.79. The maximum absolute atomic E-state index is 12.7. The maximum Gasteiger partial charge on any atom is 0.167 e. The molecule has 5 rings (SSSR count). The molecule has 3 aliphatic rings. The van der Waals surface area contributed by atoms with Gasteiger partial charge in [0.25, 0.3) is 0 Å². The Morgan fingerprint density at radius 2 is 1.85 bits per heavy atom. The van der Waals surface area contributed by atoms with Crippen molar-refractivity contribution in [2.75, 3.05) is 7.11 Å². The van der Waals surface area contributed by atoms with Gasteiger partial charge in [-0.15, -0.1) is 0 Å². The summed E-state index contributed by atoms with van der Waals surface area (Å²) in [7, 11) is 1.64. The highest BCUT2D eigenvalue weighted by atomic mass is 16.5. The monoisotopic (exact) mass is 264 g/mol. The molecule has 2 nitrogen and oxygen atoms in total. The smallest absolute Gasteiger partial charge is 0.167 e. The SMILES string of the molecule is COc1ccc2c(c1)C(=O)C1CC2C1c1ccccc1. The first kappa shape index (κ1) is 11.7. The summed E-state index contributed by atoms with van der Waals surface area (Å²) in [6.07, 6.45) is 0.998. The van der Waals surface area contributed by atoms with Gasteiger partial charge in [0.2, 0.25) is 0 Å². The van der Waals surface area contributed by atoms with Crippen LogP contribution in [0.3, 0.4) is 0 Å². The summed E-state index contributed by atoms with van der Waals surface area (Å²) in [4.78, 5) is 12.7. The van der Waals surface area contributed by atoms with Gasteiger partial charge in [0, 0.05) is 17.4 Å². The van der Waals surface area contributed by atoms with E-state index in [0.717, 1.165) is 17.7 Å². The lowest BCUT2D eigenvalue weighted by molar-refractivity contribution is 0.0733. The Bertz CT molecular complexity index is 675. The van der Waals surface area contributed by atoms with Crippen LogP contribution in [0.15, 0.2) is 48.5 Å². The van der Waals surface area contributed by atoms with E-state index in [1.54, 1.807) is 7.11 Å². The van der Waals surface area contributed by atoms with Gasteiger partial charge in [-0.2, -0.15) is 0 Å². The predicted octanol–water partition coefficient (Wildman–Crippen LogP) is 3.78. The third-order valence-electron chi connectivity index (χ3n) is 4.82. The molecule has 2 aromatic carbocycles. The summed E-state index contributed by atoms with van der Waals surface area (Å²) < 4.78 is 5.24. The van der Waals surface area contributed by atoms with Gasteiger partial charge in [-0.3, -0.25) is 4.79 Å². The topological polar surface area (TPSA) is 26.3 Å². The highest BCUT2D eigenvalue weighted by Gasteiger charge is 2.51. The Morgan fingerprint density at radius 3 is 2.60 bits per heavy atom. The zero-order valence-electron chi connectivity index (χ0n) is 11.4. The molecule has 2 heteroatoms. The van der Waals surface area contributed by atoms with Gasteiger partial charge >= 0.3 is 0 Å². The van der Waals surface area contributed by atoms with E-state index in [1.165, 1.54) is 11.1 Å². The van der Waals surface area contributed by atoms with E-state index in [9.17, 15) is 4.79 Å². The van der Waals surface area contributed by atoms with Crippen LogP contribution in [0.1, 0.15) is 39.7 Å². The third-order valence-corrected chi connectivity index (χ3v) is 4.82. The van der Waals surface area contributed by atoms with Crippen LogP contribution in [0, 0.1) is 5.92 Å². The number of rotatable bonds is 2. The molecule has 2 aromatic rings. The first-order chi connectivity index (χ1) is 9.79. The molecule has 0 spiro atoms. The van der Waals surface area contributed by atoms with Crippen LogP contribution < -0.4 is 4.74 Å². The summed E-state index contributed by atoms with van der Waals surface area (Å²) in [5, 5.41) is 0. The van der Waals surface area contributed by atoms with Gasteiger partial charge in [0.05, 0.1) is 7.11 Å². The van der Waals surface area contributed by atoms with E-state index >= 15 is 0 Å². The number of hydrogen-bond donors (Lipinski definition) is 0. The van der Waals surface area contributed by atoms with Crippen molar-refractivity contribution >= 4 is 5.78 Å². The molecule has 3 unspecified atom stereocenters. The van der Waals surface area contributed by atoms with Crippen LogP contribution in [0.4, 0.5) is 0 Å². The van der Waals surface area contributed by atoms with Crippen molar-refractivity contribution in [1.29, 1.82) is 0 Å². The van der Waals surface area contributed by atoms with E-state index in [4.69, 9.17) is 4.74 Å². The Labute approximate surface area is 118 Å². The maximum atomic E-state index is 12.7.